The predicted octanol–water partition coefficient (Wildman–Crippen LogP) is 1.22. The van der Waals surface area contributed by atoms with Crippen LogP contribution in [-0.4, -0.2) is 17.1 Å². The Kier molecular flexibility index (Phi) is 1.57. The van der Waals surface area contributed by atoms with Crippen LogP contribution in [0.5, 0.6) is 0 Å². The summed E-state index contributed by atoms with van der Waals surface area (Å²) in [5, 5.41) is 9.32. The van der Waals surface area contributed by atoms with E-state index in [4.69, 9.17) is 5.73 Å². The molecule has 2 aliphatic carbocycles. The molecule has 3 N–H and O–H groups in total. The number of carboxylic acid groups (broad SMARTS) is 1. The number of hydrogen-bond acceptors (Lipinski definition) is 2. The monoisotopic (exact) mass is 183 g/mol. The molecule has 0 aliphatic heterocycles. The van der Waals surface area contributed by atoms with Gasteiger partial charge >= 0.3 is 5.97 Å². The lowest BCUT2D eigenvalue weighted by Crippen LogP contribution is -2.49. The number of nitrogens with two attached hydrogens (primary N) is 1. The summed E-state index contributed by atoms with van der Waals surface area (Å²) in [6.45, 7) is 4.12. The first-order chi connectivity index (χ1) is 5.93. The molecule has 3 nitrogen and oxygen atoms in total. The van der Waals surface area contributed by atoms with Gasteiger partial charge in [0, 0.05) is 6.04 Å². The lowest BCUT2D eigenvalue weighted by atomic mass is 9.68. The van der Waals surface area contributed by atoms with Gasteiger partial charge < -0.3 is 10.8 Å². The maximum Gasteiger partial charge on any atom is 0.311 e. The molecule has 0 aromatic carbocycles. The minimum atomic E-state index is -0.690. The van der Waals surface area contributed by atoms with Gasteiger partial charge in [0.2, 0.25) is 0 Å². The van der Waals surface area contributed by atoms with E-state index in [0.717, 1.165) is 19.3 Å². The van der Waals surface area contributed by atoms with Gasteiger partial charge in [-0.05, 0) is 30.6 Å². The second kappa shape index (κ2) is 2.27. The summed E-state index contributed by atoms with van der Waals surface area (Å²) in [4.78, 5) is 11.3. The number of carboxylic acids is 1. The van der Waals surface area contributed by atoms with Crippen LogP contribution in [0.3, 0.4) is 0 Å². The molecule has 2 saturated carbocycles. The third kappa shape index (κ3) is 0.766. The van der Waals surface area contributed by atoms with Gasteiger partial charge in [0.1, 0.15) is 0 Å². The third-order valence-electron chi connectivity index (χ3n) is 4.61. The SMILES string of the molecule is CC1(C)[C@H]2CC[C@@]1(C(=O)O)[C@H](N)C2. The van der Waals surface area contributed by atoms with E-state index in [0.29, 0.717) is 5.92 Å². The second-order valence-corrected chi connectivity index (χ2v) is 5.08. The quantitative estimate of drug-likeness (QED) is 0.642. The molecule has 0 amide bonds. The highest BCUT2D eigenvalue weighted by atomic mass is 16.4. The minimum Gasteiger partial charge on any atom is -0.481 e. The van der Waals surface area contributed by atoms with Crippen LogP contribution in [0.1, 0.15) is 33.1 Å². The van der Waals surface area contributed by atoms with Crippen LogP contribution in [0, 0.1) is 16.7 Å². The number of fused-ring (bicyclic) bond motifs is 2. The summed E-state index contributed by atoms with van der Waals surface area (Å²) < 4.78 is 0. The Bertz CT molecular complexity index is 262. The van der Waals surface area contributed by atoms with Crippen LogP contribution in [0.25, 0.3) is 0 Å². The van der Waals surface area contributed by atoms with Crippen molar-refractivity contribution < 1.29 is 9.90 Å². The Hall–Kier alpha value is -0.570. The van der Waals surface area contributed by atoms with E-state index >= 15 is 0 Å². The van der Waals surface area contributed by atoms with Crippen molar-refractivity contribution in [2.75, 3.05) is 0 Å². The molecular weight excluding hydrogens is 166 g/mol. The summed E-state index contributed by atoms with van der Waals surface area (Å²) >= 11 is 0. The maximum absolute atomic E-state index is 11.3. The molecule has 0 aromatic rings. The van der Waals surface area contributed by atoms with Gasteiger partial charge in [-0.3, -0.25) is 4.79 Å². The predicted molar refractivity (Wildman–Crippen MR) is 49.2 cm³/mol. The van der Waals surface area contributed by atoms with Crippen molar-refractivity contribution in [3.8, 4) is 0 Å². The zero-order valence-corrected chi connectivity index (χ0v) is 8.21. The van der Waals surface area contributed by atoms with Crippen LogP contribution in [0.15, 0.2) is 0 Å². The molecular formula is C10H17NO2. The average molecular weight is 183 g/mol. The topological polar surface area (TPSA) is 63.3 Å². The van der Waals surface area contributed by atoms with Gasteiger partial charge in [0.25, 0.3) is 0 Å². The van der Waals surface area contributed by atoms with E-state index in [1.165, 1.54) is 0 Å². The Morgan fingerprint density at radius 1 is 1.54 bits per heavy atom. The molecule has 13 heavy (non-hydrogen) atoms. The Balaban J connectivity index is 2.49. The number of carbonyl (C=O) groups is 1. The van der Waals surface area contributed by atoms with Gasteiger partial charge in [-0.15, -0.1) is 0 Å². The highest BCUT2D eigenvalue weighted by molar-refractivity contribution is 5.78. The van der Waals surface area contributed by atoms with Gasteiger partial charge in [-0.25, -0.2) is 0 Å². The maximum atomic E-state index is 11.3. The van der Waals surface area contributed by atoms with Gasteiger partial charge in [0.15, 0.2) is 0 Å². The highest BCUT2D eigenvalue weighted by Crippen LogP contribution is 2.65. The van der Waals surface area contributed by atoms with Crippen molar-refractivity contribution in [2.45, 2.75) is 39.2 Å². The fourth-order valence-electron chi connectivity index (χ4n) is 3.57. The number of hydrogen-bond donors (Lipinski definition) is 2. The summed E-state index contributed by atoms with van der Waals surface area (Å²) in [6.07, 6.45) is 2.69. The zero-order valence-electron chi connectivity index (χ0n) is 8.21. The normalized spacial score (nSPS) is 46.7. The van der Waals surface area contributed by atoms with E-state index in [2.05, 4.69) is 13.8 Å². The molecule has 3 heteroatoms. The molecule has 2 bridgehead atoms. The molecule has 2 fully saturated rings. The molecule has 0 aromatic heterocycles. The van der Waals surface area contributed by atoms with Gasteiger partial charge in [0.05, 0.1) is 5.41 Å². The summed E-state index contributed by atoms with van der Waals surface area (Å²) in [5.74, 6) is -0.177. The van der Waals surface area contributed by atoms with Crippen molar-refractivity contribution in [2.24, 2.45) is 22.5 Å². The molecule has 2 rings (SSSR count). The van der Waals surface area contributed by atoms with Crippen LogP contribution < -0.4 is 5.73 Å². The lowest BCUT2D eigenvalue weighted by Gasteiger charge is -2.36. The van der Waals surface area contributed by atoms with E-state index in [1.807, 2.05) is 0 Å². The number of aliphatic carboxylic acids is 1. The fourth-order valence-corrected chi connectivity index (χ4v) is 3.57. The van der Waals surface area contributed by atoms with E-state index in [9.17, 15) is 9.90 Å². The Morgan fingerprint density at radius 3 is 2.38 bits per heavy atom. The van der Waals surface area contributed by atoms with E-state index in [1.54, 1.807) is 0 Å². The fraction of sp³-hybridized carbons (Fsp3) is 0.900. The first kappa shape index (κ1) is 9.00. The standard InChI is InChI=1S/C10H17NO2/c1-9(2)6-3-4-10(9,8(12)13)7(11)5-6/h6-7H,3-5,11H2,1-2H3,(H,12,13)/t6-,7+,10-/m0/s1. The van der Waals surface area contributed by atoms with E-state index in [-0.39, 0.29) is 11.5 Å². The largest absolute Gasteiger partial charge is 0.481 e. The van der Waals surface area contributed by atoms with Crippen molar-refractivity contribution in [1.82, 2.24) is 0 Å². The molecule has 0 saturated heterocycles. The van der Waals surface area contributed by atoms with Crippen molar-refractivity contribution in [3.63, 3.8) is 0 Å². The molecule has 0 radical (unpaired) electrons. The van der Waals surface area contributed by atoms with Crippen LogP contribution in [0.4, 0.5) is 0 Å². The summed E-state index contributed by atoms with van der Waals surface area (Å²) in [5.41, 5.74) is 5.20. The minimum absolute atomic E-state index is 0.113. The van der Waals surface area contributed by atoms with Crippen LogP contribution in [0.2, 0.25) is 0 Å². The van der Waals surface area contributed by atoms with Crippen molar-refractivity contribution in [1.29, 1.82) is 0 Å². The lowest BCUT2D eigenvalue weighted by molar-refractivity contribution is -0.154. The first-order valence-corrected chi connectivity index (χ1v) is 4.92. The smallest absolute Gasteiger partial charge is 0.311 e. The number of rotatable bonds is 1. The van der Waals surface area contributed by atoms with Crippen LogP contribution >= 0.6 is 0 Å². The van der Waals surface area contributed by atoms with Crippen molar-refractivity contribution in [3.05, 3.63) is 0 Å². The Labute approximate surface area is 78.3 Å². The second-order valence-electron chi connectivity index (χ2n) is 5.08. The summed E-state index contributed by atoms with van der Waals surface area (Å²) in [6, 6.07) is -0.140. The first-order valence-electron chi connectivity index (χ1n) is 4.92. The molecule has 3 atom stereocenters. The molecule has 0 heterocycles. The van der Waals surface area contributed by atoms with Crippen LogP contribution in [-0.2, 0) is 4.79 Å². The van der Waals surface area contributed by atoms with Gasteiger partial charge in [-0.1, -0.05) is 13.8 Å². The summed E-state index contributed by atoms with van der Waals surface area (Å²) in [7, 11) is 0. The molecule has 74 valence electrons. The third-order valence-corrected chi connectivity index (χ3v) is 4.61. The zero-order chi connectivity index (χ0) is 9.85. The average Bonchev–Trinajstić information content (AvgIpc) is 2.35. The highest BCUT2D eigenvalue weighted by Gasteiger charge is 2.67. The molecule has 0 unspecified atom stereocenters. The molecule has 2 aliphatic rings. The Morgan fingerprint density at radius 2 is 2.15 bits per heavy atom. The van der Waals surface area contributed by atoms with E-state index < -0.39 is 11.4 Å². The van der Waals surface area contributed by atoms with Gasteiger partial charge in [-0.2, -0.15) is 0 Å². The molecule has 0 spiro atoms. The van der Waals surface area contributed by atoms with Crippen molar-refractivity contribution >= 4 is 5.97 Å².